The number of alkyl halides is 1. The molecule has 0 saturated carbocycles. The van der Waals surface area contributed by atoms with Crippen LogP contribution in [0.5, 0.6) is 0 Å². The molecule has 0 bridgehead atoms. The lowest BCUT2D eigenvalue weighted by Gasteiger charge is -2.22. The summed E-state index contributed by atoms with van der Waals surface area (Å²) in [5, 5.41) is 2.71. The third-order valence-electron chi connectivity index (χ3n) is 2.96. The minimum absolute atomic E-state index is 0.0153. The number of benzene rings is 1. The molecule has 1 aliphatic heterocycles. The van der Waals surface area contributed by atoms with Crippen molar-refractivity contribution in [2.24, 2.45) is 0 Å². The normalized spacial score (nSPS) is 18.5. The minimum Gasteiger partial charge on any atom is -0.340 e. The van der Waals surface area contributed by atoms with Crippen molar-refractivity contribution in [1.29, 1.82) is 0 Å². The topological polar surface area (TPSA) is 32.3 Å². The van der Waals surface area contributed by atoms with Gasteiger partial charge < -0.3 is 10.2 Å². The molecule has 1 unspecified atom stereocenters. The van der Waals surface area contributed by atoms with Crippen LogP contribution < -0.4 is 5.32 Å². The number of hydrogen-bond acceptors (Lipinski definition) is 2. The highest BCUT2D eigenvalue weighted by Gasteiger charge is 2.23. The van der Waals surface area contributed by atoms with E-state index in [1.54, 1.807) is 0 Å². The van der Waals surface area contributed by atoms with E-state index in [-0.39, 0.29) is 5.91 Å². The monoisotopic (exact) mass is 252 g/mol. The molecule has 1 fully saturated rings. The Kier molecular flexibility index (Phi) is 4.40. The van der Waals surface area contributed by atoms with Gasteiger partial charge in [-0.3, -0.25) is 4.79 Å². The molecule has 0 aromatic heterocycles. The summed E-state index contributed by atoms with van der Waals surface area (Å²) in [4.78, 5) is 14.1. The lowest BCUT2D eigenvalue weighted by atomic mass is 10.1. The second kappa shape index (κ2) is 6.03. The number of nitrogens with one attached hydrogen (secondary N) is 1. The standard InChI is InChI=1S/C13H17ClN2O/c14-12(11-5-2-1-3-6-11)13(17)16-9-4-7-15-8-10-16/h1-3,5-6,12,15H,4,7-10H2. The summed E-state index contributed by atoms with van der Waals surface area (Å²) in [5.74, 6) is 0.0153. The van der Waals surface area contributed by atoms with E-state index >= 15 is 0 Å². The molecule has 2 rings (SSSR count). The molecule has 1 N–H and O–H groups in total. The first kappa shape index (κ1) is 12.4. The largest absolute Gasteiger partial charge is 0.340 e. The van der Waals surface area contributed by atoms with E-state index in [0.717, 1.165) is 38.2 Å². The van der Waals surface area contributed by atoms with Crippen LogP contribution in [0.2, 0.25) is 0 Å². The van der Waals surface area contributed by atoms with Gasteiger partial charge in [0.15, 0.2) is 0 Å². The van der Waals surface area contributed by atoms with Crippen LogP contribution in [0, 0.1) is 0 Å². The summed E-state index contributed by atoms with van der Waals surface area (Å²) < 4.78 is 0. The molecular formula is C13H17ClN2O. The fraction of sp³-hybridized carbons (Fsp3) is 0.462. The SMILES string of the molecule is O=C(C(Cl)c1ccccc1)N1CCCNCC1. The summed E-state index contributed by atoms with van der Waals surface area (Å²) >= 11 is 6.23. The van der Waals surface area contributed by atoms with Gasteiger partial charge in [-0.2, -0.15) is 0 Å². The van der Waals surface area contributed by atoms with Crippen LogP contribution in [0.4, 0.5) is 0 Å². The molecule has 1 amide bonds. The van der Waals surface area contributed by atoms with Gasteiger partial charge in [0.05, 0.1) is 0 Å². The first-order valence-electron chi connectivity index (χ1n) is 5.97. The van der Waals surface area contributed by atoms with E-state index in [1.165, 1.54) is 0 Å². The second-order valence-electron chi connectivity index (χ2n) is 4.20. The number of carbonyl (C=O) groups excluding carboxylic acids is 1. The molecule has 1 aromatic rings. The predicted octanol–water partition coefficient (Wildman–Crippen LogP) is 1.79. The molecule has 3 nitrogen and oxygen atoms in total. The molecule has 92 valence electrons. The average molecular weight is 253 g/mol. The summed E-state index contributed by atoms with van der Waals surface area (Å²) in [5.41, 5.74) is 0.872. The van der Waals surface area contributed by atoms with Crippen molar-refractivity contribution in [3.63, 3.8) is 0 Å². The summed E-state index contributed by atoms with van der Waals surface area (Å²) in [6.07, 6.45) is 0.990. The number of nitrogens with zero attached hydrogens (tertiary/aromatic N) is 1. The summed E-state index contributed by atoms with van der Waals surface area (Å²) in [6.45, 7) is 3.36. The Hall–Kier alpha value is -1.06. The van der Waals surface area contributed by atoms with Crippen LogP contribution in [-0.2, 0) is 4.79 Å². The van der Waals surface area contributed by atoms with Gasteiger partial charge in [0.25, 0.3) is 0 Å². The van der Waals surface area contributed by atoms with E-state index in [1.807, 2.05) is 35.2 Å². The zero-order chi connectivity index (χ0) is 12.1. The van der Waals surface area contributed by atoms with Gasteiger partial charge in [-0.05, 0) is 18.5 Å². The maximum Gasteiger partial charge on any atom is 0.245 e. The van der Waals surface area contributed by atoms with E-state index in [2.05, 4.69) is 5.32 Å². The molecule has 1 aromatic carbocycles. The molecule has 0 aliphatic carbocycles. The predicted molar refractivity (Wildman–Crippen MR) is 69.1 cm³/mol. The van der Waals surface area contributed by atoms with Crippen molar-refractivity contribution in [1.82, 2.24) is 10.2 Å². The lowest BCUT2D eigenvalue weighted by molar-refractivity contribution is -0.130. The fourth-order valence-corrected chi connectivity index (χ4v) is 2.27. The Bertz CT molecular complexity index is 361. The Morgan fingerprint density at radius 1 is 1.24 bits per heavy atom. The molecule has 1 saturated heterocycles. The molecule has 1 aliphatic rings. The Morgan fingerprint density at radius 3 is 2.76 bits per heavy atom. The molecule has 0 radical (unpaired) electrons. The van der Waals surface area contributed by atoms with Crippen LogP contribution >= 0.6 is 11.6 Å². The van der Waals surface area contributed by atoms with E-state index < -0.39 is 5.38 Å². The number of hydrogen-bond donors (Lipinski definition) is 1. The Morgan fingerprint density at radius 2 is 2.00 bits per heavy atom. The van der Waals surface area contributed by atoms with Crippen molar-refractivity contribution in [3.05, 3.63) is 35.9 Å². The van der Waals surface area contributed by atoms with E-state index in [9.17, 15) is 4.79 Å². The van der Waals surface area contributed by atoms with Gasteiger partial charge >= 0.3 is 0 Å². The smallest absolute Gasteiger partial charge is 0.245 e. The van der Waals surface area contributed by atoms with E-state index in [4.69, 9.17) is 11.6 Å². The molecule has 1 heterocycles. The van der Waals surface area contributed by atoms with Crippen molar-refractivity contribution in [3.8, 4) is 0 Å². The molecule has 17 heavy (non-hydrogen) atoms. The zero-order valence-electron chi connectivity index (χ0n) is 9.73. The quantitative estimate of drug-likeness (QED) is 0.814. The van der Waals surface area contributed by atoms with Crippen LogP contribution in [0.15, 0.2) is 30.3 Å². The van der Waals surface area contributed by atoms with Gasteiger partial charge in [-0.1, -0.05) is 30.3 Å². The average Bonchev–Trinajstić information content (AvgIpc) is 2.67. The maximum atomic E-state index is 12.2. The summed E-state index contributed by atoms with van der Waals surface area (Å²) in [6, 6.07) is 9.52. The second-order valence-corrected chi connectivity index (χ2v) is 4.64. The Balaban J connectivity index is 2.03. The fourth-order valence-electron chi connectivity index (χ4n) is 1.99. The highest BCUT2D eigenvalue weighted by Crippen LogP contribution is 2.22. The first-order chi connectivity index (χ1) is 8.29. The van der Waals surface area contributed by atoms with Crippen molar-refractivity contribution < 1.29 is 4.79 Å². The van der Waals surface area contributed by atoms with Crippen molar-refractivity contribution in [2.75, 3.05) is 26.2 Å². The van der Waals surface area contributed by atoms with Crippen molar-refractivity contribution in [2.45, 2.75) is 11.8 Å². The zero-order valence-corrected chi connectivity index (χ0v) is 10.5. The molecule has 1 atom stereocenters. The van der Waals surface area contributed by atoms with Crippen molar-refractivity contribution >= 4 is 17.5 Å². The van der Waals surface area contributed by atoms with Crippen LogP contribution in [-0.4, -0.2) is 37.0 Å². The third-order valence-corrected chi connectivity index (χ3v) is 3.40. The highest BCUT2D eigenvalue weighted by atomic mass is 35.5. The Labute approximate surface area is 107 Å². The highest BCUT2D eigenvalue weighted by molar-refractivity contribution is 6.30. The number of halogens is 1. The van der Waals surface area contributed by atoms with Gasteiger partial charge in [-0.25, -0.2) is 0 Å². The third kappa shape index (κ3) is 3.20. The minimum atomic E-state index is -0.561. The lowest BCUT2D eigenvalue weighted by Crippen LogP contribution is -2.36. The van der Waals surface area contributed by atoms with E-state index in [0.29, 0.717) is 0 Å². The number of amides is 1. The van der Waals surface area contributed by atoms with Gasteiger partial charge in [-0.15, -0.1) is 11.6 Å². The molecular weight excluding hydrogens is 236 g/mol. The van der Waals surface area contributed by atoms with Gasteiger partial charge in [0.2, 0.25) is 5.91 Å². The first-order valence-corrected chi connectivity index (χ1v) is 6.41. The number of rotatable bonds is 2. The number of carbonyl (C=O) groups is 1. The van der Waals surface area contributed by atoms with Crippen LogP contribution in [0.1, 0.15) is 17.4 Å². The van der Waals surface area contributed by atoms with Gasteiger partial charge in [0.1, 0.15) is 5.38 Å². The maximum absolute atomic E-state index is 12.2. The summed E-state index contributed by atoms with van der Waals surface area (Å²) in [7, 11) is 0. The molecule has 0 spiro atoms. The van der Waals surface area contributed by atoms with Crippen LogP contribution in [0.3, 0.4) is 0 Å². The van der Waals surface area contributed by atoms with Gasteiger partial charge in [0, 0.05) is 19.6 Å². The van der Waals surface area contributed by atoms with Crippen LogP contribution in [0.25, 0.3) is 0 Å². The molecule has 4 heteroatoms.